The van der Waals surface area contributed by atoms with E-state index >= 15 is 0 Å². The van der Waals surface area contributed by atoms with Crippen LogP contribution in [0.15, 0.2) is 24.3 Å². The van der Waals surface area contributed by atoms with Crippen LogP contribution in [0.25, 0.3) is 0 Å². The van der Waals surface area contributed by atoms with Crippen LogP contribution in [-0.4, -0.2) is 18.0 Å². The van der Waals surface area contributed by atoms with Gasteiger partial charge in [0, 0.05) is 12.6 Å². The van der Waals surface area contributed by atoms with Crippen LogP contribution in [0.3, 0.4) is 0 Å². The van der Waals surface area contributed by atoms with Crippen LogP contribution in [0.5, 0.6) is 0 Å². The summed E-state index contributed by atoms with van der Waals surface area (Å²) in [6, 6.07) is 9.60. The summed E-state index contributed by atoms with van der Waals surface area (Å²) >= 11 is 0. The van der Waals surface area contributed by atoms with E-state index in [2.05, 4.69) is 50.1 Å². The summed E-state index contributed by atoms with van der Waals surface area (Å²) in [5, 5.41) is 0. The van der Waals surface area contributed by atoms with Gasteiger partial charge in [-0.25, -0.2) is 0 Å². The van der Waals surface area contributed by atoms with E-state index in [0.29, 0.717) is 0 Å². The van der Waals surface area contributed by atoms with E-state index in [9.17, 15) is 0 Å². The summed E-state index contributed by atoms with van der Waals surface area (Å²) < 4.78 is 0. The molecule has 1 aliphatic heterocycles. The highest BCUT2D eigenvalue weighted by atomic mass is 15.1. The molecule has 1 heteroatoms. The van der Waals surface area contributed by atoms with E-state index in [1.165, 1.54) is 18.4 Å². The predicted molar refractivity (Wildman–Crippen MR) is 64.9 cm³/mol. The summed E-state index contributed by atoms with van der Waals surface area (Å²) in [5.74, 6) is 0.794. The molecule has 0 radical (unpaired) electrons. The smallest absolute Gasteiger partial charge is 0.0236 e. The minimum atomic E-state index is 0.736. The zero-order chi connectivity index (χ0) is 10.8. The number of fused-ring (bicyclic) bond motifs is 1. The number of rotatable bonds is 2. The fourth-order valence-electron chi connectivity index (χ4n) is 2.53. The molecule has 82 valence electrons. The van der Waals surface area contributed by atoms with Crippen LogP contribution in [0.2, 0.25) is 0 Å². The van der Waals surface area contributed by atoms with Gasteiger partial charge in [-0.05, 0) is 36.9 Å². The second kappa shape index (κ2) is 4.36. The zero-order valence-corrected chi connectivity index (χ0v) is 10.0. The Morgan fingerprint density at radius 2 is 1.93 bits per heavy atom. The molecular formula is C14H21N. The van der Waals surface area contributed by atoms with Gasteiger partial charge in [-0.1, -0.05) is 38.1 Å². The average molecular weight is 203 g/mol. The minimum absolute atomic E-state index is 0.736. The molecule has 0 aliphatic carbocycles. The van der Waals surface area contributed by atoms with Gasteiger partial charge in [0.2, 0.25) is 0 Å². The van der Waals surface area contributed by atoms with Gasteiger partial charge in [0.05, 0.1) is 0 Å². The molecule has 1 aromatic carbocycles. The third kappa shape index (κ3) is 2.40. The SMILES string of the molecule is CC(C)C[C@@H]1Cc2ccccc2CN1C. The molecule has 0 saturated heterocycles. The van der Waals surface area contributed by atoms with E-state index in [-0.39, 0.29) is 0 Å². The first-order chi connectivity index (χ1) is 7.16. The number of hydrogen-bond donors (Lipinski definition) is 0. The summed E-state index contributed by atoms with van der Waals surface area (Å²) in [5.41, 5.74) is 3.07. The second-order valence-electron chi connectivity index (χ2n) is 5.17. The highest BCUT2D eigenvalue weighted by molar-refractivity contribution is 5.29. The number of hydrogen-bond acceptors (Lipinski definition) is 1. The Kier molecular flexibility index (Phi) is 3.11. The van der Waals surface area contributed by atoms with Crippen LogP contribution in [0, 0.1) is 5.92 Å². The molecule has 1 heterocycles. The average Bonchev–Trinajstić information content (AvgIpc) is 2.18. The van der Waals surface area contributed by atoms with Crippen molar-refractivity contribution < 1.29 is 0 Å². The van der Waals surface area contributed by atoms with Gasteiger partial charge in [-0.3, -0.25) is 4.90 Å². The molecule has 1 aliphatic rings. The molecule has 0 amide bonds. The van der Waals surface area contributed by atoms with E-state index in [4.69, 9.17) is 0 Å². The Balaban J connectivity index is 2.14. The van der Waals surface area contributed by atoms with Gasteiger partial charge in [-0.15, -0.1) is 0 Å². The second-order valence-corrected chi connectivity index (χ2v) is 5.17. The first-order valence-electron chi connectivity index (χ1n) is 5.94. The molecule has 0 saturated carbocycles. The van der Waals surface area contributed by atoms with Crippen molar-refractivity contribution in [2.45, 2.75) is 39.3 Å². The Morgan fingerprint density at radius 1 is 1.27 bits per heavy atom. The first kappa shape index (κ1) is 10.7. The molecule has 1 atom stereocenters. The van der Waals surface area contributed by atoms with Crippen LogP contribution >= 0.6 is 0 Å². The lowest BCUT2D eigenvalue weighted by Gasteiger charge is -2.35. The van der Waals surface area contributed by atoms with Crippen molar-refractivity contribution in [3.8, 4) is 0 Å². The van der Waals surface area contributed by atoms with Crippen LogP contribution in [0.1, 0.15) is 31.4 Å². The van der Waals surface area contributed by atoms with Crippen LogP contribution < -0.4 is 0 Å². The van der Waals surface area contributed by atoms with Gasteiger partial charge in [-0.2, -0.15) is 0 Å². The molecule has 1 aromatic rings. The Morgan fingerprint density at radius 3 is 2.60 bits per heavy atom. The molecule has 15 heavy (non-hydrogen) atoms. The quantitative estimate of drug-likeness (QED) is 0.714. The van der Waals surface area contributed by atoms with Crippen molar-refractivity contribution in [2.75, 3.05) is 7.05 Å². The van der Waals surface area contributed by atoms with Gasteiger partial charge < -0.3 is 0 Å². The Labute approximate surface area is 93.1 Å². The van der Waals surface area contributed by atoms with Crippen molar-refractivity contribution >= 4 is 0 Å². The highest BCUT2D eigenvalue weighted by Crippen LogP contribution is 2.25. The molecule has 0 fully saturated rings. The molecular weight excluding hydrogens is 182 g/mol. The van der Waals surface area contributed by atoms with E-state index < -0.39 is 0 Å². The fourth-order valence-corrected chi connectivity index (χ4v) is 2.53. The lowest BCUT2D eigenvalue weighted by Crippen LogP contribution is -2.38. The van der Waals surface area contributed by atoms with Gasteiger partial charge >= 0.3 is 0 Å². The van der Waals surface area contributed by atoms with Crippen LogP contribution in [-0.2, 0) is 13.0 Å². The van der Waals surface area contributed by atoms with Crippen molar-refractivity contribution in [1.29, 1.82) is 0 Å². The standard InChI is InChI=1S/C14H21N/c1-11(2)8-14-9-12-6-4-5-7-13(12)10-15(14)3/h4-7,11,14H,8-10H2,1-3H3/t14-/m1/s1. The summed E-state index contributed by atoms with van der Waals surface area (Å²) in [6.07, 6.45) is 2.54. The number of benzene rings is 1. The van der Waals surface area contributed by atoms with Gasteiger partial charge in [0.15, 0.2) is 0 Å². The summed E-state index contributed by atoms with van der Waals surface area (Å²) in [6.45, 7) is 5.75. The zero-order valence-electron chi connectivity index (χ0n) is 10.0. The highest BCUT2D eigenvalue weighted by Gasteiger charge is 2.23. The van der Waals surface area contributed by atoms with Crippen molar-refractivity contribution in [1.82, 2.24) is 4.90 Å². The predicted octanol–water partition coefficient (Wildman–Crippen LogP) is 3.09. The Bertz CT molecular complexity index is 330. The molecule has 2 rings (SSSR count). The summed E-state index contributed by atoms with van der Waals surface area (Å²) in [7, 11) is 2.25. The lowest BCUT2D eigenvalue weighted by atomic mass is 9.90. The topological polar surface area (TPSA) is 3.24 Å². The maximum atomic E-state index is 2.50. The molecule has 0 aromatic heterocycles. The van der Waals surface area contributed by atoms with Crippen LogP contribution in [0.4, 0.5) is 0 Å². The van der Waals surface area contributed by atoms with Crippen molar-refractivity contribution in [3.63, 3.8) is 0 Å². The number of nitrogens with zero attached hydrogens (tertiary/aromatic N) is 1. The minimum Gasteiger partial charge on any atom is -0.299 e. The van der Waals surface area contributed by atoms with E-state index in [0.717, 1.165) is 18.5 Å². The van der Waals surface area contributed by atoms with E-state index in [1.807, 2.05) is 0 Å². The monoisotopic (exact) mass is 203 g/mol. The fraction of sp³-hybridized carbons (Fsp3) is 0.571. The van der Waals surface area contributed by atoms with Gasteiger partial charge in [0.1, 0.15) is 0 Å². The summed E-state index contributed by atoms with van der Waals surface area (Å²) in [4.78, 5) is 2.50. The van der Waals surface area contributed by atoms with E-state index in [1.54, 1.807) is 5.56 Å². The number of likely N-dealkylation sites (N-methyl/N-ethyl adjacent to an activating group) is 1. The molecule has 1 nitrogen and oxygen atoms in total. The third-order valence-electron chi connectivity index (χ3n) is 3.36. The molecule has 0 unspecified atom stereocenters. The first-order valence-corrected chi connectivity index (χ1v) is 5.94. The maximum absolute atomic E-state index is 2.50. The Hall–Kier alpha value is -0.820. The molecule has 0 bridgehead atoms. The molecule has 0 spiro atoms. The third-order valence-corrected chi connectivity index (χ3v) is 3.36. The maximum Gasteiger partial charge on any atom is 0.0236 e. The van der Waals surface area contributed by atoms with Crippen molar-refractivity contribution in [3.05, 3.63) is 35.4 Å². The largest absolute Gasteiger partial charge is 0.299 e. The normalized spacial score (nSPS) is 21.7. The lowest BCUT2D eigenvalue weighted by molar-refractivity contribution is 0.189. The van der Waals surface area contributed by atoms with Gasteiger partial charge in [0.25, 0.3) is 0 Å². The molecule has 0 N–H and O–H groups in total. The van der Waals surface area contributed by atoms with Crippen molar-refractivity contribution in [2.24, 2.45) is 5.92 Å².